The molecule has 250 valence electrons. The standard InChI is InChI=1S/C53H38/c1-37-50(43-19-9-4-10-20-43)35-45(41-17-7-3-8-18-41)36-51(37)53-48-23-13-11-21-46(48)52(47-22-12-14-24-49(47)53)44-33-29-39(30-34-44)26-25-38-27-31-42(32-28-38)40-15-5-2-6-16-40/h2-36H,1H3. The highest BCUT2D eigenvalue weighted by Gasteiger charge is 2.20. The summed E-state index contributed by atoms with van der Waals surface area (Å²) in [6, 6.07) is 72.5. The average molecular weight is 675 g/mol. The third-order valence-electron chi connectivity index (χ3n) is 10.5. The molecule has 0 aromatic heterocycles. The molecule has 0 spiro atoms. The van der Waals surface area contributed by atoms with Crippen molar-refractivity contribution in [1.82, 2.24) is 0 Å². The van der Waals surface area contributed by atoms with Gasteiger partial charge in [-0.15, -0.1) is 0 Å². The lowest BCUT2D eigenvalue weighted by Gasteiger charge is -2.21. The lowest BCUT2D eigenvalue weighted by molar-refractivity contribution is 1.45. The molecule has 0 heterocycles. The predicted octanol–water partition coefficient (Wildman–Crippen LogP) is 14.8. The van der Waals surface area contributed by atoms with E-state index in [0.29, 0.717) is 0 Å². The first-order valence-corrected chi connectivity index (χ1v) is 18.3. The summed E-state index contributed by atoms with van der Waals surface area (Å²) in [4.78, 5) is 0. The molecule has 0 saturated carbocycles. The van der Waals surface area contributed by atoms with Crippen LogP contribution in [-0.4, -0.2) is 0 Å². The minimum Gasteiger partial charge on any atom is -0.0622 e. The molecular weight excluding hydrogens is 637 g/mol. The smallest absolute Gasteiger partial charge is 0.00233 e. The van der Waals surface area contributed by atoms with Gasteiger partial charge >= 0.3 is 0 Å². The predicted molar refractivity (Wildman–Crippen MR) is 229 cm³/mol. The van der Waals surface area contributed by atoms with Gasteiger partial charge in [-0.2, -0.15) is 0 Å². The first-order chi connectivity index (χ1) is 26.2. The van der Waals surface area contributed by atoms with Crippen LogP contribution in [0.25, 0.3) is 89.3 Å². The van der Waals surface area contributed by atoms with Crippen molar-refractivity contribution in [3.05, 3.63) is 217 Å². The second-order valence-corrected chi connectivity index (χ2v) is 13.7. The van der Waals surface area contributed by atoms with Gasteiger partial charge in [0.05, 0.1) is 0 Å². The summed E-state index contributed by atoms with van der Waals surface area (Å²) in [5.74, 6) is 0. The minimum atomic E-state index is 1.17. The van der Waals surface area contributed by atoms with Gasteiger partial charge in [0.2, 0.25) is 0 Å². The maximum Gasteiger partial charge on any atom is -0.00233 e. The average Bonchev–Trinajstić information content (AvgIpc) is 3.24. The fourth-order valence-electron chi connectivity index (χ4n) is 7.79. The van der Waals surface area contributed by atoms with E-state index in [1.54, 1.807) is 0 Å². The molecule has 0 aliphatic heterocycles. The molecule has 0 amide bonds. The largest absolute Gasteiger partial charge is 0.0622 e. The summed E-state index contributed by atoms with van der Waals surface area (Å²) in [5, 5.41) is 5.04. The Bertz CT molecular complexity index is 2660. The molecule has 0 saturated heterocycles. The Morgan fingerprint density at radius 2 is 0.642 bits per heavy atom. The van der Waals surface area contributed by atoms with Crippen molar-refractivity contribution in [2.75, 3.05) is 0 Å². The SMILES string of the molecule is Cc1c(-c2ccccc2)cc(-c2ccccc2)cc1-c1c2ccccc2c(-c2ccc(C=Cc3ccc(-c4ccccc4)cc3)cc2)c2ccccc12. The summed E-state index contributed by atoms with van der Waals surface area (Å²) >= 11 is 0. The molecule has 9 rings (SSSR count). The van der Waals surface area contributed by atoms with Crippen LogP contribution in [0.4, 0.5) is 0 Å². The molecule has 0 nitrogen and oxygen atoms in total. The van der Waals surface area contributed by atoms with Gasteiger partial charge in [-0.25, -0.2) is 0 Å². The van der Waals surface area contributed by atoms with Crippen LogP contribution in [0.15, 0.2) is 200 Å². The number of benzene rings is 9. The Morgan fingerprint density at radius 3 is 1.13 bits per heavy atom. The Morgan fingerprint density at radius 1 is 0.283 bits per heavy atom. The van der Waals surface area contributed by atoms with E-state index in [0.717, 1.165) is 0 Å². The van der Waals surface area contributed by atoms with Gasteiger partial charge in [0.25, 0.3) is 0 Å². The summed E-state index contributed by atoms with van der Waals surface area (Å²) in [5.41, 5.74) is 16.1. The number of hydrogen-bond donors (Lipinski definition) is 0. The maximum absolute atomic E-state index is 2.40. The van der Waals surface area contributed by atoms with Gasteiger partial charge in [-0.1, -0.05) is 200 Å². The second-order valence-electron chi connectivity index (χ2n) is 13.7. The van der Waals surface area contributed by atoms with Crippen molar-refractivity contribution >= 4 is 33.7 Å². The van der Waals surface area contributed by atoms with E-state index in [-0.39, 0.29) is 0 Å². The lowest BCUT2D eigenvalue weighted by Crippen LogP contribution is -1.95. The van der Waals surface area contributed by atoms with Crippen LogP contribution in [0, 0.1) is 6.92 Å². The van der Waals surface area contributed by atoms with Crippen molar-refractivity contribution in [2.24, 2.45) is 0 Å². The first-order valence-electron chi connectivity index (χ1n) is 18.3. The number of hydrogen-bond acceptors (Lipinski definition) is 0. The van der Waals surface area contributed by atoms with Crippen LogP contribution in [-0.2, 0) is 0 Å². The van der Waals surface area contributed by atoms with Crippen LogP contribution in [0.2, 0.25) is 0 Å². The van der Waals surface area contributed by atoms with Crippen molar-refractivity contribution in [3.63, 3.8) is 0 Å². The Hall–Kier alpha value is -6.76. The van der Waals surface area contributed by atoms with Crippen molar-refractivity contribution in [1.29, 1.82) is 0 Å². The maximum atomic E-state index is 2.40. The molecular formula is C53H38. The van der Waals surface area contributed by atoms with Crippen LogP contribution < -0.4 is 0 Å². The Labute approximate surface area is 312 Å². The van der Waals surface area contributed by atoms with Crippen LogP contribution >= 0.6 is 0 Å². The Kier molecular flexibility index (Phi) is 8.56. The van der Waals surface area contributed by atoms with E-state index in [1.165, 1.54) is 93.9 Å². The lowest BCUT2D eigenvalue weighted by atomic mass is 9.82. The molecule has 9 aromatic carbocycles. The van der Waals surface area contributed by atoms with Crippen LogP contribution in [0.5, 0.6) is 0 Å². The first kappa shape index (κ1) is 32.2. The van der Waals surface area contributed by atoms with E-state index in [9.17, 15) is 0 Å². The van der Waals surface area contributed by atoms with Gasteiger partial charge in [0, 0.05) is 0 Å². The van der Waals surface area contributed by atoms with E-state index in [4.69, 9.17) is 0 Å². The summed E-state index contributed by atoms with van der Waals surface area (Å²) in [7, 11) is 0. The van der Waals surface area contributed by atoms with E-state index >= 15 is 0 Å². The molecule has 0 radical (unpaired) electrons. The Balaban J connectivity index is 1.16. The van der Waals surface area contributed by atoms with Crippen LogP contribution in [0.1, 0.15) is 16.7 Å². The summed E-state index contributed by atoms with van der Waals surface area (Å²) in [6.07, 6.45) is 4.40. The molecule has 0 fully saturated rings. The van der Waals surface area contributed by atoms with Crippen molar-refractivity contribution in [3.8, 4) is 55.6 Å². The topological polar surface area (TPSA) is 0 Å². The number of rotatable bonds is 7. The monoisotopic (exact) mass is 674 g/mol. The zero-order valence-corrected chi connectivity index (χ0v) is 29.7. The summed E-state index contributed by atoms with van der Waals surface area (Å²) < 4.78 is 0. The van der Waals surface area contributed by atoms with Gasteiger partial charge in [-0.05, 0) is 113 Å². The zero-order valence-electron chi connectivity index (χ0n) is 29.7. The molecule has 0 unspecified atom stereocenters. The molecule has 0 heteroatoms. The third-order valence-corrected chi connectivity index (χ3v) is 10.5. The molecule has 0 atom stereocenters. The molecule has 0 aliphatic carbocycles. The quantitative estimate of drug-likeness (QED) is 0.117. The molecule has 53 heavy (non-hydrogen) atoms. The summed E-state index contributed by atoms with van der Waals surface area (Å²) in [6.45, 7) is 2.29. The van der Waals surface area contributed by atoms with Crippen molar-refractivity contribution in [2.45, 2.75) is 6.92 Å². The second kappa shape index (κ2) is 14.1. The third kappa shape index (κ3) is 6.26. The fraction of sp³-hybridized carbons (Fsp3) is 0.0189. The zero-order chi connectivity index (χ0) is 35.6. The van der Waals surface area contributed by atoms with E-state index in [2.05, 4.69) is 219 Å². The highest BCUT2D eigenvalue weighted by molar-refractivity contribution is 6.22. The van der Waals surface area contributed by atoms with Gasteiger partial charge in [-0.3, -0.25) is 0 Å². The van der Waals surface area contributed by atoms with Crippen molar-refractivity contribution < 1.29 is 0 Å². The van der Waals surface area contributed by atoms with Gasteiger partial charge < -0.3 is 0 Å². The van der Waals surface area contributed by atoms with E-state index < -0.39 is 0 Å². The highest BCUT2D eigenvalue weighted by Crippen LogP contribution is 2.46. The molecule has 0 bridgehead atoms. The highest BCUT2D eigenvalue weighted by atomic mass is 14.2. The van der Waals surface area contributed by atoms with Gasteiger partial charge in [0.15, 0.2) is 0 Å². The molecule has 0 aliphatic rings. The normalized spacial score (nSPS) is 11.4. The van der Waals surface area contributed by atoms with Gasteiger partial charge in [0.1, 0.15) is 0 Å². The molecule has 0 N–H and O–H groups in total. The number of fused-ring (bicyclic) bond motifs is 2. The minimum absolute atomic E-state index is 1.17. The van der Waals surface area contributed by atoms with Crippen LogP contribution in [0.3, 0.4) is 0 Å². The molecule has 9 aromatic rings. The van der Waals surface area contributed by atoms with E-state index in [1.807, 2.05) is 0 Å². The fourth-order valence-corrected chi connectivity index (χ4v) is 7.79.